The van der Waals surface area contributed by atoms with Crippen LogP contribution in [0, 0.1) is 0 Å². The van der Waals surface area contributed by atoms with Gasteiger partial charge in [0.15, 0.2) is 10.3 Å². The van der Waals surface area contributed by atoms with Crippen LogP contribution in [0.1, 0.15) is 12.8 Å². The SMILES string of the molecule is O=C(CNc1cc(Cl)nnc1Cl)NC1CC1. The summed E-state index contributed by atoms with van der Waals surface area (Å²) in [5.74, 6) is -0.0634. The first-order valence-electron chi connectivity index (χ1n) is 4.87. The molecule has 1 aliphatic carbocycles. The average molecular weight is 261 g/mol. The van der Waals surface area contributed by atoms with Crippen molar-refractivity contribution in [2.24, 2.45) is 0 Å². The van der Waals surface area contributed by atoms with Crippen molar-refractivity contribution in [1.82, 2.24) is 15.5 Å². The lowest BCUT2D eigenvalue weighted by molar-refractivity contribution is -0.119. The molecule has 0 aromatic carbocycles. The van der Waals surface area contributed by atoms with Gasteiger partial charge in [-0.05, 0) is 12.8 Å². The van der Waals surface area contributed by atoms with Crippen LogP contribution >= 0.6 is 23.2 Å². The van der Waals surface area contributed by atoms with E-state index >= 15 is 0 Å². The highest BCUT2D eigenvalue weighted by atomic mass is 35.5. The zero-order chi connectivity index (χ0) is 11.5. The molecule has 16 heavy (non-hydrogen) atoms. The van der Waals surface area contributed by atoms with Crippen molar-refractivity contribution in [2.45, 2.75) is 18.9 Å². The minimum atomic E-state index is -0.0634. The molecular weight excluding hydrogens is 251 g/mol. The summed E-state index contributed by atoms with van der Waals surface area (Å²) in [5.41, 5.74) is 0.507. The molecule has 1 fully saturated rings. The number of nitrogens with zero attached hydrogens (tertiary/aromatic N) is 2. The van der Waals surface area contributed by atoms with E-state index in [1.807, 2.05) is 0 Å². The van der Waals surface area contributed by atoms with Gasteiger partial charge in [-0.15, -0.1) is 10.2 Å². The largest absolute Gasteiger partial charge is 0.374 e. The molecule has 1 amide bonds. The van der Waals surface area contributed by atoms with Crippen molar-refractivity contribution < 1.29 is 4.79 Å². The van der Waals surface area contributed by atoms with Crippen LogP contribution in [0.4, 0.5) is 5.69 Å². The maximum atomic E-state index is 11.4. The Morgan fingerprint density at radius 3 is 2.88 bits per heavy atom. The minimum Gasteiger partial charge on any atom is -0.374 e. The van der Waals surface area contributed by atoms with Gasteiger partial charge in [0.25, 0.3) is 0 Å². The van der Waals surface area contributed by atoms with Gasteiger partial charge in [-0.2, -0.15) is 0 Å². The molecule has 0 spiro atoms. The third-order valence-electron chi connectivity index (χ3n) is 2.10. The zero-order valence-electron chi connectivity index (χ0n) is 8.33. The Labute approximate surface area is 103 Å². The Bertz CT molecular complexity index is 408. The fourth-order valence-corrected chi connectivity index (χ4v) is 1.46. The number of nitrogens with one attached hydrogen (secondary N) is 2. The first kappa shape index (κ1) is 11.4. The number of carbonyl (C=O) groups excluding carboxylic acids is 1. The molecule has 0 bridgehead atoms. The maximum absolute atomic E-state index is 11.4. The molecule has 0 saturated heterocycles. The van der Waals surface area contributed by atoms with Crippen LogP contribution in [0.25, 0.3) is 0 Å². The molecule has 1 saturated carbocycles. The summed E-state index contributed by atoms with van der Waals surface area (Å²) in [4.78, 5) is 11.4. The summed E-state index contributed by atoms with van der Waals surface area (Å²) >= 11 is 11.4. The van der Waals surface area contributed by atoms with Gasteiger partial charge < -0.3 is 10.6 Å². The van der Waals surface area contributed by atoms with Crippen molar-refractivity contribution in [2.75, 3.05) is 11.9 Å². The van der Waals surface area contributed by atoms with Crippen LogP contribution in [0.3, 0.4) is 0 Å². The van der Waals surface area contributed by atoms with E-state index in [1.165, 1.54) is 6.07 Å². The number of hydrogen-bond donors (Lipinski definition) is 2. The topological polar surface area (TPSA) is 66.9 Å². The van der Waals surface area contributed by atoms with Gasteiger partial charge in [-0.25, -0.2) is 0 Å². The molecule has 5 nitrogen and oxygen atoms in total. The summed E-state index contributed by atoms with van der Waals surface area (Å²) in [7, 11) is 0. The smallest absolute Gasteiger partial charge is 0.239 e. The number of hydrogen-bond acceptors (Lipinski definition) is 4. The summed E-state index contributed by atoms with van der Waals surface area (Å²) in [5, 5.41) is 13.3. The Balaban J connectivity index is 1.87. The van der Waals surface area contributed by atoms with E-state index in [2.05, 4.69) is 20.8 Å². The van der Waals surface area contributed by atoms with Gasteiger partial charge in [0.1, 0.15) is 0 Å². The molecule has 1 aliphatic rings. The van der Waals surface area contributed by atoms with Crippen molar-refractivity contribution in [3.8, 4) is 0 Å². The second-order valence-electron chi connectivity index (χ2n) is 3.57. The van der Waals surface area contributed by atoms with Crippen molar-refractivity contribution in [3.05, 3.63) is 16.4 Å². The van der Waals surface area contributed by atoms with Gasteiger partial charge in [-0.3, -0.25) is 4.79 Å². The first-order valence-corrected chi connectivity index (χ1v) is 5.62. The highest BCUT2D eigenvalue weighted by molar-refractivity contribution is 6.33. The van der Waals surface area contributed by atoms with Crippen LogP contribution in [-0.2, 0) is 4.79 Å². The Kier molecular flexibility index (Phi) is 3.46. The summed E-state index contributed by atoms with van der Waals surface area (Å²) < 4.78 is 0. The van der Waals surface area contributed by atoms with Gasteiger partial charge in [-0.1, -0.05) is 23.2 Å². The maximum Gasteiger partial charge on any atom is 0.239 e. The Morgan fingerprint density at radius 1 is 1.44 bits per heavy atom. The summed E-state index contributed by atoms with van der Waals surface area (Å²) in [6.45, 7) is 0.151. The highest BCUT2D eigenvalue weighted by Crippen LogP contribution is 2.21. The van der Waals surface area contributed by atoms with Crippen LogP contribution in [-0.4, -0.2) is 28.7 Å². The van der Waals surface area contributed by atoms with E-state index < -0.39 is 0 Å². The summed E-state index contributed by atoms with van der Waals surface area (Å²) in [6.07, 6.45) is 2.13. The monoisotopic (exact) mass is 260 g/mol. The van der Waals surface area contributed by atoms with E-state index in [1.54, 1.807) is 0 Å². The Morgan fingerprint density at radius 2 is 2.19 bits per heavy atom. The number of aromatic nitrogens is 2. The zero-order valence-corrected chi connectivity index (χ0v) is 9.85. The molecule has 0 radical (unpaired) electrons. The molecule has 1 aromatic heterocycles. The molecule has 0 unspecified atom stereocenters. The number of halogens is 2. The van der Waals surface area contributed by atoms with E-state index in [0.717, 1.165) is 12.8 Å². The molecule has 2 N–H and O–H groups in total. The lowest BCUT2D eigenvalue weighted by Crippen LogP contribution is -2.31. The van der Waals surface area contributed by atoms with E-state index in [0.29, 0.717) is 11.7 Å². The molecule has 0 aliphatic heterocycles. The van der Waals surface area contributed by atoms with Crippen molar-refractivity contribution in [3.63, 3.8) is 0 Å². The summed E-state index contributed by atoms with van der Waals surface area (Å²) in [6, 6.07) is 1.88. The van der Waals surface area contributed by atoms with Crippen LogP contribution < -0.4 is 10.6 Å². The average Bonchev–Trinajstić information content (AvgIpc) is 3.03. The van der Waals surface area contributed by atoms with Gasteiger partial charge in [0.05, 0.1) is 12.2 Å². The third kappa shape index (κ3) is 3.21. The van der Waals surface area contributed by atoms with Crippen LogP contribution in [0.5, 0.6) is 0 Å². The van der Waals surface area contributed by atoms with Crippen molar-refractivity contribution in [1.29, 1.82) is 0 Å². The standard InChI is InChI=1S/C9H10Cl2N4O/c10-7-3-6(9(11)15-14-7)12-4-8(16)13-5-1-2-5/h3,5H,1-2,4H2,(H,12,14)(H,13,16). The molecule has 1 heterocycles. The van der Waals surface area contributed by atoms with Gasteiger partial charge in [0, 0.05) is 12.1 Å². The van der Waals surface area contributed by atoms with E-state index in [-0.39, 0.29) is 22.8 Å². The quantitative estimate of drug-likeness (QED) is 0.861. The van der Waals surface area contributed by atoms with E-state index in [4.69, 9.17) is 23.2 Å². The van der Waals surface area contributed by atoms with Crippen LogP contribution in [0.15, 0.2) is 6.07 Å². The number of amides is 1. The second kappa shape index (κ2) is 4.84. The fraction of sp³-hybridized carbons (Fsp3) is 0.444. The molecule has 0 atom stereocenters. The molecular formula is C9H10Cl2N4O. The molecule has 1 aromatic rings. The third-order valence-corrected chi connectivity index (χ3v) is 2.56. The fourth-order valence-electron chi connectivity index (χ4n) is 1.16. The number of rotatable bonds is 4. The predicted octanol–water partition coefficient (Wildman–Crippen LogP) is 1.47. The predicted molar refractivity (Wildman–Crippen MR) is 61.7 cm³/mol. The lowest BCUT2D eigenvalue weighted by Gasteiger charge is -2.07. The molecule has 2 rings (SSSR count). The number of carbonyl (C=O) groups is 1. The van der Waals surface area contributed by atoms with Gasteiger partial charge >= 0.3 is 0 Å². The minimum absolute atomic E-state index is 0.0634. The number of anilines is 1. The molecule has 86 valence electrons. The lowest BCUT2D eigenvalue weighted by atomic mass is 10.4. The second-order valence-corrected chi connectivity index (χ2v) is 4.31. The Hall–Kier alpha value is -1.07. The van der Waals surface area contributed by atoms with Crippen LogP contribution in [0.2, 0.25) is 10.3 Å². The van der Waals surface area contributed by atoms with Gasteiger partial charge in [0.2, 0.25) is 5.91 Å². The normalized spacial score (nSPS) is 14.6. The molecule has 7 heteroatoms. The highest BCUT2D eigenvalue weighted by Gasteiger charge is 2.22. The van der Waals surface area contributed by atoms with E-state index in [9.17, 15) is 4.79 Å². The van der Waals surface area contributed by atoms with Crippen molar-refractivity contribution >= 4 is 34.8 Å². The first-order chi connectivity index (χ1) is 7.65.